The van der Waals surface area contributed by atoms with Gasteiger partial charge in [0.2, 0.25) is 20.0 Å². The van der Waals surface area contributed by atoms with E-state index in [9.17, 15) is 16.8 Å². The third-order valence-corrected chi connectivity index (χ3v) is 7.73. The minimum absolute atomic E-state index is 0.118. The minimum atomic E-state index is -3.86. The highest BCUT2D eigenvalue weighted by atomic mass is 32.2. The number of sulfonamides is 2. The molecular weight excluding hydrogens is 326 g/mol. The average molecular weight is 347 g/mol. The molecule has 1 aromatic carbocycles. The van der Waals surface area contributed by atoms with Gasteiger partial charge in [0.05, 0.1) is 0 Å². The first kappa shape index (κ1) is 17.4. The van der Waals surface area contributed by atoms with E-state index in [2.05, 4.69) is 0 Å². The van der Waals surface area contributed by atoms with Crippen molar-refractivity contribution in [2.45, 2.75) is 16.2 Å². The molecule has 22 heavy (non-hydrogen) atoms. The Bertz CT molecular complexity index is 744. The Morgan fingerprint density at radius 1 is 1.18 bits per heavy atom. The van der Waals surface area contributed by atoms with Crippen molar-refractivity contribution in [2.75, 3.05) is 33.7 Å². The van der Waals surface area contributed by atoms with E-state index < -0.39 is 20.0 Å². The van der Waals surface area contributed by atoms with Crippen molar-refractivity contribution in [1.82, 2.24) is 8.61 Å². The van der Waals surface area contributed by atoms with Gasteiger partial charge in [-0.25, -0.2) is 21.1 Å². The lowest BCUT2D eigenvalue weighted by Crippen LogP contribution is -2.32. The maximum absolute atomic E-state index is 12.8. The van der Waals surface area contributed by atoms with E-state index in [1.165, 1.54) is 42.7 Å². The predicted octanol–water partition coefficient (Wildman–Crippen LogP) is -0.0938. The van der Waals surface area contributed by atoms with Gasteiger partial charge in [0.15, 0.2) is 0 Å². The van der Waals surface area contributed by atoms with Crippen molar-refractivity contribution in [2.24, 2.45) is 11.7 Å². The van der Waals surface area contributed by atoms with E-state index in [1.807, 2.05) is 0 Å². The lowest BCUT2D eigenvalue weighted by molar-refractivity contribution is 0.456. The average Bonchev–Trinajstić information content (AvgIpc) is 2.96. The summed E-state index contributed by atoms with van der Waals surface area (Å²) in [6.45, 7) is 1.11. The first-order valence-electron chi connectivity index (χ1n) is 6.93. The molecule has 1 fully saturated rings. The fourth-order valence-electron chi connectivity index (χ4n) is 2.42. The Labute approximate surface area is 131 Å². The van der Waals surface area contributed by atoms with E-state index in [0.717, 1.165) is 4.31 Å². The fourth-order valence-corrected chi connectivity index (χ4v) is 5.62. The molecule has 2 rings (SSSR count). The first-order valence-corrected chi connectivity index (χ1v) is 9.81. The smallest absolute Gasteiger partial charge is 0.244 e. The van der Waals surface area contributed by atoms with E-state index >= 15 is 0 Å². The quantitative estimate of drug-likeness (QED) is 0.802. The zero-order valence-corrected chi connectivity index (χ0v) is 14.3. The molecule has 1 saturated heterocycles. The van der Waals surface area contributed by atoms with Gasteiger partial charge in [-0.3, -0.25) is 0 Å². The lowest BCUT2D eigenvalue weighted by atomic mass is 10.1. The van der Waals surface area contributed by atoms with E-state index in [1.54, 1.807) is 0 Å². The van der Waals surface area contributed by atoms with Crippen LogP contribution in [-0.2, 0) is 20.0 Å². The van der Waals surface area contributed by atoms with Crippen LogP contribution in [0, 0.1) is 5.92 Å². The summed E-state index contributed by atoms with van der Waals surface area (Å²) in [7, 11) is -4.95. The highest BCUT2D eigenvalue weighted by Gasteiger charge is 2.35. The zero-order valence-electron chi connectivity index (χ0n) is 12.6. The molecule has 1 aliphatic heterocycles. The van der Waals surface area contributed by atoms with Crippen LogP contribution in [0.25, 0.3) is 0 Å². The van der Waals surface area contributed by atoms with Crippen molar-refractivity contribution in [3.05, 3.63) is 24.3 Å². The third kappa shape index (κ3) is 3.04. The van der Waals surface area contributed by atoms with Gasteiger partial charge < -0.3 is 5.73 Å². The molecule has 124 valence electrons. The molecule has 0 saturated carbocycles. The van der Waals surface area contributed by atoms with Crippen LogP contribution in [0.2, 0.25) is 0 Å². The van der Waals surface area contributed by atoms with Crippen LogP contribution in [0.5, 0.6) is 0 Å². The maximum atomic E-state index is 12.8. The summed E-state index contributed by atoms with van der Waals surface area (Å²) in [6, 6.07) is 5.69. The van der Waals surface area contributed by atoms with Crippen molar-refractivity contribution in [1.29, 1.82) is 0 Å². The predicted molar refractivity (Wildman–Crippen MR) is 83.2 cm³/mol. The molecule has 1 unspecified atom stereocenters. The van der Waals surface area contributed by atoms with Crippen molar-refractivity contribution >= 4 is 20.0 Å². The fraction of sp³-hybridized carbons (Fsp3) is 0.538. The third-order valence-electron chi connectivity index (χ3n) is 3.81. The van der Waals surface area contributed by atoms with Crippen molar-refractivity contribution < 1.29 is 16.8 Å². The Kier molecular flexibility index (Phi) is 4.93. The molecule has 1 aromatic rings. The van der Waals surface area contributed by atoms with Crippen LogP contribution in [0.4, 0.5) is 0 Å². The van der Waals surface area contributed by atoms with Crippen molar-refractivity contribution in [3.63, 3.8) is 0 Å². The molecule has 7 nitrogen and oxygen atoms in total. The van der Waals surface area contributed by atoms with Crippen LogP contribution < -0.4 is 5.73 Å². The number of nitrogens with zero attached hydrogens (tertiary/aromatic N) is 2. The van der Waals surface area contributed by atoms with Gasteiger partial charge in [-0.2, -0.15) is 4.31 Å². The second-order valence-electron chi connectivity index (χ2n) is 5.49. The summed E-state index contributed by atoms with van der Waals surface area (Å²) in [5, 5.41) is 0. The number of hydrogen-bond acceptors (Lipinski definition) is 5. The Morgan fingerprint density at radius 2 is 1.77 bits per heavy atom. The number of benzene rings is 1. The monoisotopic (exact) mass is 347 g/mol. The standard InChI is InChI=1S/C13H21N3O4S2/c1-15(2)21(17,18)12-5-3-4-6-13(12)22(19,20)16-8-7-11(9-14)10-16/h3-6,11H,7-10,14H2,1-2H3. The molecule has 1 atom stereocenters. The van der Waals surface area contributed by atoms with Crippen molar-refractivity contribution in [3.8, 4) is 0 Å². The second kappa shape index (κ2) is 6.25. The lowest BCUT2D eigenvalue weighted by Gasteiger charge is -2.20. The summed E-state index contributed by atoms with van der Waals surface area (Å²) < 4.78 is 52.6. The van der Waals surface area contributed by atoms with Gasteiger partial charge in [0.25, 0.3) is 0 Å². The molecular formula is C13H21N3O4S2. The molecule has 1 aliphatic rings. The molecule has 1 heterocycles. The van der Waals surface area contributed by atoms with Crippen LogP contribution in [-0.4, -0.2) is 59.2 Å². The normalized spacial score (nSPS) is 20.6. The topological polar surface area (TPSA) is 101 Å². The molecule has 0 aliphatic carbocycles. The maximum Gasteiger partial charge on any atom is 0.244 e. The Hall–Kier alpha value is -1.00. The van der Waals surface area contributed by atoms with Gasteiger partial charge in [-0.1, -0.05) is 12.1 Å². The zero-order chi connectivity index (χ0) is 16.5. The molecule has 9 heteroatoms. The molecule has 0 bridgehead atoms. The molecule has 0 radical (unpaired) electrons. The highest BCUT2D eigenvalue weighted by molar-refractivity contribution is 7.92. The summed E-state index contributed by atoms with van der Waals surface area (Å²) in [6.07, 6.45) is 0.693. The minimum Gasteiger partial charge on any atom is -0.330 e. The highest BCUT2D eigenvalue weighted by Crippen LogP contribution is 2.29. The summed E-state index contributed by atoms with van der Waals surface area (Å²) in [4.78, 5) is -0.377. The molecule has 0 amide bonds. The summed E-state index contributed by atoms with van der Waals surface area (Å²) >= 11 is 0. The summed E-state index contributed by atoms with van der Waals surface area (Å²) in [5.41, 5.74) is 5.59. The SMILES string of the molecule is CN(C)S(=O)(=O)c1ccccc1S(=O)(=O)N1CCC(CN)C1. The Morgan fingerprint density at radius 3 is 2.27 bits per heavy atom. The largest absolute Gasteiger partial charge is 0.330 e. The van der Waals surface area contributed by atoms with Crippen LogP contribution in [0.15, 0.2) is 34.1 Å². The van der Waals surface area contributed by atoms with Gasteiger partial charge in [0, 0.05) is 27.2 Å². The first-order chi connectivity index (χ1) is 10.2. The van der Waals surface area contributed by atoms with E-state index in [-0.39, 0.29) is 15.7 Å². The van der Waals surface area contributed by atoms with Gasteiger partial charge >= 0.3 is 0 Å². The molecule has 2 N–H and O–H groups in total. The van der Waals surface area contributed by atoms with Crippen LogP contribution >= 0.6 is 0 Å². The van der Waals surface area contributed by atoms with Gasteiger partial charge in [-0.05, 0) is 31.0 Å². The van der Waals surface area contributed by atoms with Gasteiger partial charge in [0.1, 0.15) is 9.79 Å². The number of hydrogen-bond donors (Lipinski definition) is 1. The number of nitrogens with two attached hydrogens (primary N) is 1. The second-order valence-corrected chi connectivity index (χ2v) is 9.51. The Balaban J connectivity index is 2.50. The van der Waals surface area contributed by atoms with E-state index in [4.69, 9.17) is 5.73 Å². The summed E-state index contributed by atoms with van der Waals surface area (Å²) in [5.74, 6) is 0.118. The van der Waals surface area contributed by atoms with Crippen LogP contribution in [0.3, 0.4) is 0 Å². The molecule has 0 spiro atoms. The van der Waals surface area contributed by atoms with Crippen LogP contribution in [0.1, 0.15) is 6.42 Å². The number of rotatable bonds is 5. The van der Waals surface area contributed by atoms with Gasteiger partial charge in [-0.15, -0.1) is 0 Å². The molecule has 0 aromatic heterocycles. The van der Waals surface area contributed by atoms with E-state index in [0.29, 0.717) is 26.1 Å².